The Bertz CT molecular complexity index is 481. The molecule has 1 aromatic rings. The van der Waals surface area contributed by atoms with Gasteiger partial charge in [-0.25, -0.2) is 4.98 Å². The van der Waals surface area contributed by atoms with Crippen LogP contribution >= 0.6 is 23.4 Å². The van der Waals surface area contributed by atoms with Crippen molar-refractivity contribution in [1.29, 1.82) is 0 Å². The lowest BCUT2D eigenvalue weighted by Gasteiger charge is -2.31. The molecule has 1 fully saturated rings. The van der Waals surface area contributed by atoms with Crippen LogP contribution in [0.5, 0.6) is 0 Å². The van der Waals surface area contributed by atoms with E-state index in [1.165, 1.54) is 11.8 Å². The summed E-state index contributed by atoms with van der Waals surface area (Å²) in [5.41, 5.74) is 5.05. The van der Waals surface area contributed by atoms with Crippen LogP contribution in [0.15, 0.2) is 23.4 Å². The Balaban J connectivity index is 2.11. The molecule has 0 saturated heterocycles. The first-order valence-corrected chi connectivity index (χ1v) is 8.24. The predicted molar refractivity (Wildman–Crippen MR) is 82.9 cm³/mol. The molecule has 0 radical (unpaired) electrons. The summed E-state index contributed by atoms with van der Waals surface area (Å²) < 4.78 is 0. The molecule has 110 valence electrons. The number of halogens is 1. The van der Waals surface area contributed by atoms with Gasteiger partial charge in [-0.15, -0.1) is 11.8 Å². The van der Waals surface area contributed by atoms with Crippen molar-refractivity contribution >= 4 is 29.3 Å². The molecule has 1 saturated carbocycles. The highest BCUT2D eigenvalue weighted by Gasteiger charge is 2.49. The maximum Gasteiger partial charge on any atom is 0.238 e. The molecular weight excluding hydrogens is 294 g/mol. The summed E-state index contributed by atoms with van der Waals surface area (Å²) in [6.07, 6.45) is 4.78. The molecule has 1 aromatic heterocycles. The van der Waals surface area contributed by atoms with E-state index in [-0.39, 0.29) is 5.91 Å². The number of hydrogen-bond acceptors (Lipinski definition) is 4. The van der Waals surface area contributed by atoms with Crippen molar-refractivity contribution in [3.8, 4) is 0 Å². The molecule has 0 aliphatic heterocycles. The van der Waals surface area contributed by atoms with Crippen LogP contribution in [0.2, 0.25) is 5.02 Å². The lowest BCUT2D eigenvalue weighted by Crippen LogP contribution is -2.59. The van der Waals surface area contributed by atoms with Gasteiger partial charge in [-0.05, 0) is 43.9 Å². The molecule has 3 N–H and O–H groups in total. The zero-order valence-electron chi connectivity index (χ0n) is 11.6. The van der Waals surface area contributed by atoms with Crippen LogP contribution in [-0.4, -0.2) is 28.7 Å². The number of thioether (sulfide) groups is 1. The highest BCUT2D eigenvalue weighted by molar-refractivity contribution is 7.99. The molecule has 1 unspecified atom stereocenters. The Hall–Kier alpha value is -0.780. The lowest BCUT2D eigenvalue weighted by atomic mass is 9.94. The molecule has 0 bridgehead atoms. The number of nitrogens with zero attached hydrogens (tertiary/aromatic N) is 1. The van der Waals surface area contributed by atoms with Crippen LogP contribution in [0.3, 0.4) is 0 Å². The van der Waals surface area contributed by atoms with Gasteiger partial charge in [0, 0.05) is 11.9 Å². The Morgan fingerprint density at radius 1 is 1.65 bits per heavy atom. The van der Waals surface area contributed by atoms with Crippen molar-refractivity contribution in [1.82, 2.24) is 10.3 Å². The molecule has 20 heavy (non-hydrogen) atoms. The maximum atomic E-state index is 12.0. The number of nitrogens with two attached hydrogens (primary N) is 1. The fourth-order valence-electron chi connectivity index (χ4n) is 2.26. The van der Waals surface area contributed by atoms with Crippen LogP contribution < -0.4 is 11.1 Å². The minimum atomic E-state index is -0.637. The largest absolute Gasteiger partial charge is 0.368 e. The van der Waals surface area contributed by atoms with E-state index in [1.807, 2.05) is 0 Å². The standard InChI is InChI=1S/C14H20ClN3OS/c1-2-7-18-14(13(16)19,10-5-6-10)9-20-12-11(15)4-3-8-17-12/h3-4,8,10,18H,2,5-7,9H2,1H3,(H2,16,19). The first kappa shape index (κ1) is 15.6. The molecule has 4 nitrogen and oxygen atoms in total. The second-order valence-electron chi connectivity index (χ2n) is 5.12. The summed E-state index contributed by atoms with van der Waals surface area (Å²) in [5.74, 6) is 0.638. The minimum Gasteiger partial charge on any atom is -0.368 e. The van der Waals surface area contributed by atoms with Gasteiger partial charge in [-0.3, -0.25) is 4.79 Å². The molecule has 6 heteroatoms. The van der Waals surface area contributed by atoms with Crippen LogP contribution in [0.1, 0.15) is 26.2 Å². The van der Waals surface area contributed by atoms with Gasteiger partial charge < -0.3 is 11.1 Å². The first-order chi connectivity index (χ1) is 9.60. The van der Waals surface area contributed by atoms with Crippen molar-refractivity contribution in [2.24, 2.45) is 11.7 Å². The van der Waals surface area contributed by atoms with E-state index < -0.39 is 5.54 Å². The molecule has 2 rings (SSSR count). The summed E-state index contributed by atoms with van der Waals surface area (Å²) in [6, 6.07) is 3.60. The van der Waals surface area contributed by atoms with Gasteiger partial charge in [-0.1, -0.05) is 18.5 Å². The van der Waals surface area contributed by atoms with Crippen LogP contribution in [0.4, 0.5) is 0 Å². The first-order valence-electron chi connectivity index (χ1n) is 6.88. The Morgan fingerprint density at radius 2 is 2.40 bits per heavy atom. The molecular formula is C14H20ClN3OS. The van der Waals surface area contributed by atoms with Gasteiger partial charge in [0.1, 0.15) is 10.6 Å². The summed E-state index contributed by atoms with van der Waals surface area (Å²) in [5, 5.41) is 4.73. The fourth-order valence-corrected chi connectivity index (χ4v) is 3.73. The maximum absolute atomic E-state index is 12.0. The molecule has 1 aliphatic carbocycles. The number of amides is 1. The second kappa shape index (κ2) is 6.78. The fraction of sp³-hybridized carbons (Fsp3) is 0.571. The average molecular weight is 314 g/mol. The number of aromatic nitrogens is 1. The number of rotatable bonds is 8. The monoisotopic (exact) mass is 313 g/mol. The Morgan fingerprint density at radius 3 is 2.95 bits per heavy atom. The second-order valence-corrected chi connectivity index (χ2v) is 6.49. The quantitative estimate of drug-likeness (QED) is 0.723. The topological polar surface area (TPSA) is 68.0 Å². The highest BCUT2D eigenvalue weighted by atomic mass is 35.5. The van der Waals surface area contributed by atoms with Gasteiger partial charge >= 0.3 is 0 Å². The zero-order chi connectivity index (χ0) is 14.6. The third-order valence-electron chi connectivity index (χ3n) is 3.57. The van der Waals surface area contributed by atoms with Gasteiger partial charge in [0.2, 0.25) is 5.91 Å². The van der Waals surface area contributed by atoms with Gasteiger partial charge in [0.15, 0.2) is 0 Å². The minimum absolute atomic E-state index is 0.270. The van der Waals surface area contributed by atoms with Gasteiger partial charge in [-0.2, -0.15) is 0 Å². The Kier molecular flexibility index (Phi) is 5.29. The highest BCUT2D eigenvalue weighted by Crippen LogP contribution is 2.42. The van der Waals surface area contributed by atoms with E-state index in [0.29, 0.717) is 16.7 Å². The number of carbonyl (C=O) groups excluding carboxylic acids is 1. The van der Waals surface area contributed by atoms with Crippen molar-refractivity contribution in [3.05, 3.63) is 23.4 Å². The van der Waals surface area contributed by atoms with E-state index >= 15 is 0 Å². The molecule has 0 spiro atoms. The van der Waals surface area contributed by atoms with Crippen LogP contribution in [0, 0.1) is 5.92 Å². The van der Waals surface area contributed by atoms with Crippen LogP contribution in [0.25, 0.3) is 0 Å². The summed E-state index contributed by atoms with van der Waals surface area (Å²) >= 11 is 7.61. The Labute approximate surface area is 128 Å². The zero-order valence-corrected chi connectivity index (χ0v) is 13.1. The van der Waals surface area contributed by atoms with Crippen molar-refractivity contribution < 1.29 is 4.79 Å². The third kappa shape index (κ3) is 3.45. The smallest absolute Gasteiger partial charge is 0.238 e. The summed E-state index contributed by atoms with van der Waals surface area (Å²) in [7, 11) is 0. The number of pyridine rings is 1. The van der Waals surface area contributed by atoms with E-state index in [4.69, 9.17) is 17.3 Å². The third-order valence-corrected chi connectivity index (χ3v) is 5.18. The van der Waals surface area contributed by atoms with Gasteiger partial charge in [0.05, 0.1) is 5.02 Å². The summed E-state index contributed by atoms with van der Waals surface area (Å²) in [6.45, 7) is 2.87. The van der Waals surface area contributed by atoms with Crippen molar-refractivity contribution in [3.63, 3.8) is 0 Å². The number of carbonyl (C=O) groups is 1. The van der Waals surface area contributed by atoms with Crippen LogP contribution in [-0.2, 0) is 4.79 Å². The molecule has 1 amide bonds. The number of hydrogen-bond donors (Lipinski definition) is 2. The average Bonchev–Trinajstić information content (AvgIpc) is 3.25. The SMILES string of the molecule is CCCNC(CSc1ncccc1Cl)(C(N)=O)C1CC1. The predicted octanol–water partition coefficient (Wildman–Crippen LogP) is 2.46. The van der Waals surface area contributed by atoms with Crippen molar-refractivity contribution in [2.75, 3.05) is 12.3 Å². The van der Waals surface area contributed by atoms with Crippen molar-refractivity contribution in [2.45, 2.75) is 36.8 Å². The number of primary amides is 1. The normalized spacial score (nSPS) is 17.7. The molecule has 1 heterocycles. The van der Waals surface area contributed by atoms with E-state index in [2.05, 4.69) is 17.2 Å². The van der Waals surface area contributed by atoms with E-state index in [0.717, 1.165) is 30.8 Å². The van der Waals surface area contributed by atoms with Gasteiger partial charge in [0.25, 0.3) is 0 Å². The summed E-state index contributed by atoms with van der Waals surface area (Å²) in [4.78, 5) is 16.3. The lowest BCUT2D eigenvalue weighted by molar-refractivity contribution is -0.124. The van der Waals surface area contributed by atoms with E-state index in [9.17, 15) is 4.79 Å². The molecule has 1 aliphatic rings. The van der Waals surface area contributed by atoms with E-state index in [1.54, 1.807) is 18.3 Å². The molecule has 1 atom stereocenters. The number of nitrogens with one attached hydrogen (secondary N) is 1. The molecule has 0 aromatic carbocycles.